The van der Waals surface area contributed by atoms with Crippen LogP contribution in [-0.2, 0) is 24.3 Å². The van der Waals surface area contributed by atoms with E-state index in [0.29, 0.717) is 12.6 Å². The summed E-state index contributed by atoms with van der Waals surface area (Å²) in [5, 5.41) is 6.44. The molecule has 1 saturated heterocycles. The Balaban J connectivity index is 1.36. The standard InChI is InChI=1S/C17H22N4OS/c22-17(20-9-4-16-14(11-20)5-10-23-16)13-19-7-1-3-15(19)12-21-8-2-6-18-21/h2,5-6,8,10,15H,1,3-4,7,9,11-13H2/t15-/m1/s1. The molecule has 0 aliphatic carbocycles. The molecule has 0 saturated carbocycles. The average molecular weight is 330 g/mol. The maximum atomic E-state index is 12.7. The molecule has 1 fully saturated rings. The maximum Gasteiger partial charge on any atom is 0.237 e. The summed E-state index contributed by atoms with van der Waals surface area (Å²) in [6.45, 7) is 4.11. The summed E-state index contributed by atoms with van der Waals surface area (Å²) >= 11 is 1.82. The van der Waals surface area contributed by atoms with Gasteiger partial charge in [-0.25, -0.2) is 0 Å². The maximum absolute atomic E-state index is 12.7. The van der Waals surface area contributed by atoms with Crippen LogP contribution in [0.4, 0.5) is 0 Å². The fourth-order valence-electron chi connectivity index (χ4n) is 3.67. The van der Waals surface area contributed by atoms with Crippen LogP contribution < -0.4 is 0 Å². The van der Waals surface area contributed by atoms with E-state index in [9.17, 15) is 4.79 Å². The minimum Gasteiger partial charge on any atom is -0.337 e. The first-order chi connectivity index (χ1) is 11.3. The first kappa shape index (κ1) is 14.9. The van der Waals surface area contributed by atoms with Crippen molar-refractivity contribution in [2.24, 2.45) is 0 Å². The average Bonchev–Trinajstić information content (AvgIpc) is 3.29. The highest BCUT2D eigenvalue weighted by atomic mass is 32.1. The van der Waals surface area contributed by atoms with Crippen LogP contribution in [0.1, 0.15) is 23.3 Å². The Hall–Kier alpha value is -1.66. The molecule has 0 unspecified atom stereocenters. The molecule has 0 radical (unpaired) electrons. The van der Waals surface area contributed by atoms with Crippen molar-refractivity contribution in [2.75, 3.05) is 19.6 Å². The quantitative estimate of drug-likeness (QED) is 0.861. The predicted octanol–water partition coefficient (Wildman–Crippen LogP) is 1.99. The highest BCUT2D eigenvalue weighted by molar-refractivity contribution is 7.10. The molecule has 2 aliphatic heterocycles. The monoisotopic (exact) mass is 330 g/mol. The lowest BCUT2D eigenvalue weighted by Crippen LogP contribution is -2.44. The molecule has 122 valence electrons. The van der Waals surface area contributed by atoms with Crippen LogP contribution in [0.25, 0.3) is 0 Å². The van der Waals surface area contributed by atoms with E-state index in [1.165, 1.54) is 16.9 Å². The molecule has 23 heavy (non-hydrogen) atoms. The lowest BCUT2D eigenvalue weighted by atomic mass is 10.1. The van der Waals surface area contributed by atoms with Crippen molar-refractivity contribution in [1.29, 1.82) is 0 Å². The second-order valence-electron chi connectivity index (χ2n) is 6.43. The second kappa shape index (κ2) is 6.45. The molecule has 0 aromatic carbocycles. The number of nitrogens with zero attached hydrogens (tertiary/aromatic N) is 4. The fraction of sp³-hybridized carbons (Fsp3) is 0.529. The Morgan fingerprint density at radius 3 is 3.22 bits per heavy atom. The number of hydrogen-bond donors (Lipinski definition) is 0. The number of carbonyl (C=O) groups excluding carboxylic acids is 1. The Kier molecular flexibility index (Phi) is 4.18. The molecule has 2 aromatic rings. The number of hydrogen-bond acceptors (Lipinski definition) is 4. The zero-order valence-electron chi connectivity index (χ0n) is 13.2. The molecule has 1 atom stereocenters. The third kappa shape index (κ3) is 3.19. The first-order valence-electron chi connectivity index (χ1n) is 8.34. The molecule has 6 heteroatoms. The largest absolute Gasteiger partial charge is 0.337 e. The molecular weight excluding hydrogens is 308 g/mol. The van der Waals surface area contributed by atoms with E-state index in [1.54, 1.807) is 0 Å². The van der Waals surface area contributed by atoms with Gasteiger partial charge in [0.2, 0.25) is 5.91 Å². The Labute approximate surface area is 140 Å². The van der Waals surface area contributed by atoms with E-state index in [-0.39, 0.29) is 5.91 Å². The Morgan fingerprint density at radius 2 is 2.35 bits per heavy atom. The fourth-order valence-corrected chi connectivity index (χ4v) is 4.56. The highest BCUT2D eigenvalue weighted by Gasteiger charge is 2.29. The van der Waals surface area contributed by atoms with Gasteiger partial charge in [0.15, 0.2) is 0 Å². The topological polar surface area (TPSA) is 41.4 Å². The Bertz CT molecular complexity index is 666. The number of thiophene rings is 1. The number of carbonyl (C=O) groups is 1. The lowest BCUT2D eigenvalue weighted by Gasteiger charge is -2.30. The van der Waals surface area contributed by atoms with Gasteiger partial charge in [-0.05, 0) is 48.9 Å². The van der Waals surface area contributed by atoms with E-state index >= 15 is 0 Å². The SMILES string of the molecule is O=C(CN1CCC[C@@H]1Cn1cccn1)N1CCc2sccc2C1. The van der Waals surface area contributed by atoms with Gasteiger partial charge in [-0.15, -0.1) is 11.3 Å². The molecular formula is C17H22N4OS. The summed E-state index contributed by atoms with van der Waals surface area (Å²) in [7, 11) is 0. The number of likely N-dealkylation sites (tertiary alicyclic amines) is 1. The number of rotatable bonds is 4. The van der Waals surface area contributed by atoms with Crippen LogP contribution in [0.15, 0.2) is 29.9 Å². The molecule has 5 nitrogen and oxygen atoms in total. The minimum absolute atomic E-state index is 0.272. The first-order valence-corrected chi connectivity index (χ1v) is 9.22. The van der Waals surface area contributed by atoms with Crippen LogP contribution in [-0.4, -0.2) is 51.2 Å². The molecule has 1 amide bonds. The van der Waals surface area contributed by atoms with Crippen molar-refractivity contribution in [3.05, 3.63) is 40.3 Å². The van der Waals surface area contributed by atoms with Gasteiger partial charge < -0.3 is 4.90 Å². The summed E-state index contributed by atoms with van der Waals surface area (Å²) in [5.74, 6) is 0.272. The summed E-state index contributed by atoms with van der Waals surface area (Å²) in [4.78, 5) is 18.5. The normalized spacial score (nSPS) is 21.6. The van der Waals surface area contributed by atoms with Gasteiger partial charge in [-0.3, -0.25) is 14.4 Å². The summed E-state index contributed by atoms with van der Waals surface area (Å²) in [6.07, 6.45) is 7.16. The van der Waals surface area contributed by atoms with E-state index in [0.717, 1.165) is 39.0 Å². The van der Waals surface area contributed by atoms with Gasteiger partial charge in [-0.1, -0.05) is 0 Å². The zero-order valence-corrected chi connectivity index (χ0v) is 14.0. The van der Waals surface area contributed by atoms with E-state index < -0.39 is 0 Å². The van der Waals surface area contributed by atoms with Crippen molar-refractivity contribution < 1.29 is 4.79 Å². The number of aromatic nitrogens is 2. The summed E-state index contributed by atoms with van der Waals surface area (Å²) in [5.41, 5.74) is 1.34. The van der Waals surface area contributed by atoms with Crippen LogP contribution >= 0.6 is 11.3 Å². The van der Waals surface area contributed by atoms with E-state index in [2.05, 4.69) is 21.4 Å². The van der Waals surface area contributed by atoms with Crippen molar-refractivity contribution in [2.45, 2.75) is 38.4 Å². The third-order valence-electron chi connectivity index (χ3n) is 4.95. The molecule has 4 heterocycles. The van der Waals surface area contributed by atoms with Crippen molar-refractivity contribution in [3.8, 4) is 0 Å². The van der Waals surface area contributed by atoms with Gasteiger partial charge in [0, 0.05) is 36.4 Å². The van der Waals surface area contributed by atoms with Crippen molar-refractivity contribution in [1.82, 2.24) is 19.6 Å². The summed E-state index contributed by atoms with van der Waals surface area (Å²) < 4.78 is 1.98. The van der Waals surface area contributed by atoms with Gasteiger partial charge in [0.25, 0.3) is 0 Å². The Morgan fingerprint density at radius 1 is 1.39 bits per heavy atom. The highest BCUT2D eigenvalue weighted by Crippen LogP contribution is 2.25. The van der Waals surface area contributed by atoms with Gasteiger partial charge in [-0.2, -0.15) is 5.10 Å². The third-order valence-corrected chi connectivity index (χ3v) is 5.98. The molecule has 0 spiro atoms. The van der Waals surface area contributed by atoms with Gasteiger partial charge >= 0.3 is 0 Å². The van der Waals surface area contributed by atoms with Gasteiger partial charge in [0.05, 0.1) is 13.1 Å². The van der Waals surface area contributed by atoms with Crippen LogP contribution in [0.3, 0.4) is 0 Å². The molecule has 0 N–H and O–H groups in total. The second-order valence-corrected chi connectivity index (χ2v) is 7.43. The van der Waals surface area contributed by atoms with Crippen molar-refractivity contribution in [3.63, 3.8) is 0 Å². The van der Waals surface area contributed by atoms with Crippen LogP contribution in [0, 0.1) is 0 Å². The smallest absolute Gasteiger partial charge is 0.237 e. The summed E-state index contributed by atoms with van der Waals surface area (Å²) in [6, 6.07) is 4.55. The zero-order chi connectivity index (χ0) is 15.6. The lowest BCUT2D eigenvalue weighted by molar-refractivity contribution is -0.133. The number of amides is 1. The van der Waals surface area contributed by atoms with Gasteiger partial charge in [0.1, 0.15) is 0 Å². The minimum atomic E-state index is 0.272. The molecule has 2 aromatic heterocycles. The van der Waals surface area contributed by atoms with E-state index in [1.807, 2.05) is 39.4 Å². The van der Waals surface area contributed by atoms with Crippen molar-refractivity contribution >= 4 is 17.2 Å². The molecule has 4 rings (SSSR count). The number of fused-ring (bicyclic) bond motifs is 1. The van der Waals surface area contributed by atoms with E-state index in [4.69, 9.17) is 0 Å². The van der Waals surface area contributed by atoms with Crippen LogP contribution in [0.2, 0.25) is 0 Å². The predicted molar refractivity (Wildman–Crippen MR) is 90.3 cm³/mol. The molecule has 2 aliphatic rings. The molecule has 0 bridgehead atoms. The van der Waals surface area contributed by atoms with Crippen LogP contribution in [0.5, 0.6) is 0 Å².